The van der Waals surface area contributed by atoms with Gasteiger partial charge in [-0.1, -0.05) is 25.0 Å². The normalized spacial score (nSPS) is 17.7. The molecule has 2 nitrogen and oxygen atoms in total. The Bertz CT molecular complexity index is 493. The summed E-state index contributed by atoms with van der Waals surface area (Å²) in [5.41, 5.74) is -0.207. The first kappa shape index (κ1) is 15.9. The van der Waals surface area contributed by atoms with Crippen molar-refractivity contribution in [2.45, 2.75) is 51.2 Å². The number of amides is 1. The molecule has 1 aliphatic rings. The summed E-state index contributed by atoms with van der Waals surface area (Å²) in [7, 11) is 0. The molecular formula is C16H20F3NO. The lowest BCUT2D eigenvalue weighted by Gasteiger charge is -2.17. The Morgan fingerprint density at radius 1 is 1.33 bits per heavy atom. The van der Waals surface area contributed by atoms with Crippen molar-refractivity contribution in [3.8, 4) is 0 Å². The monoisotopic (exact) mass is 299 g/mol. The third-order valence-electron chi connectivity index (χ3n) is 4.04. The highest BCUT2D eigenvalue weighted by molar-refractivity contribution is 5.76. The molecule has 0 bridgehead atoms. The van der Waals surface area contributed by atoms with Crippen molar-refractivity contribution in [1.29, 1.82) is 0 Å². The molecule has 0 heterocycles. The van der Waals surface area contributed by atoms with Crippen molar-refractivity contribution >= 4 is 5.91 Å². The number of halogens is 3. The first-order chi connectivity index (χ1) is 9.86. The predicted molar refractivity (Wildman–Crippen MR) is 74.6 cm³/mol. The van der Waals surface area contributed by atoms with Gasteiger partial charge in [0.1, 0.15) is 0 Å². The Morgan fingerprint density at radius 3 is 2.62 bits per heavy atom. The quantitative estimate of drug-likeness (QED) is 0.873. The smallest absolute Gasteiger partial charge is 0.350 e. The average Bonchev–Trinajstić information content (AvgIpc) is 2.90. The van der Waals surface area contributed by atoms with E-state index < -0.39 is 17.8 Å². The van der Waals surface area contributed by atoms with Crippen LogP contribution in [0.5, 0.6) is 0 Å². The topological polar surface area (TPSA) is 29.1 Å². The van der Waals surface area contributed by atoms with E-state index in [2.05, 4.69) is 5.32 Å². The fourth-order valence-electron chi connectivity index (χ4n) is 2.84. The molecule has 1 unspecified atom stereocenters. The summed E-state index contributed by atoms with van der Waals surface area (Å²) in [4.78, 5) is 11.9. The molecule has 0 saturated heterocycles. The summed E-state index contributed by atoms with van der Waals surface area (Å²) in [6, 6.07) is 4.70. The SMILES string of the molecule is CC(NC(=O)CC1CCCC1)c1cccc(C(F)(F)F)c1. The Balaban J connectivity index is 1.96. The standard InChI is InChI=1S/C16H20F3NO/c1-11(20-15(21)9-12-5-2-3-6-12)13-7-4-8-14(10-13)16(17,18)19/h4,7-8,10-12H,2-3,5-6,9H2,1H3,(H,20,21). The van der Waals surface area contributed by atoms with Crippen molar-refractivity contribution in [2.75, 3.05) is 0 Å². The summed E-state index contributed by atoms with van der Waals surface area (Å²) >= 11 is 0. The van der Waals surface area contributed by atoms with Crippen molar-refractivity contribution in [1.82, 2.24) is 5.32 Å². The molecular weight excluding hydrogens is 279 g/mol. The van der Waals surface area contributed by atoms with Crippen LogP contribution >= 0.6 is 0 Å². The summed E-state index contributed by atoms with van der Waals surface area (Å²) in [6.45, 7) is 1.71. The average molecular weight is 299 g/mol. The van der Waals surface area contributed by atoms with E-state index in [9.17, 15) is 18.0 Å². The molecule has 1 N–H and O–H groups in total. The van der Waals surface area contributed by atoms with Crippen LogP contribution in [0.2, 0.25) is 0 Å². The molecule has 5 heteroatoms. The number of benzene rings is 1. The van der Waals surface area contributed by atoms with Crippen LogP contribution in [0.3, 0.4) is 0 Å². The molecule has 1 aromatic carbocycles. The molecule has 1 fully saturated rings. The highest BCUT2D eigenvalue weighted by atomic mass is 19.4. The number of hydrogen-bond acceptors (Lipinski definition) is 1. The molecule has 1 aromatic rings. The Labute approximate surface area is 122 Å². The van der Waals surface area contributed by atoms with Gasteiger partial charge in [0.15, 0.2) is 0 Å². The van der Waals surface area contributed by atoms with Crippen molar-refractivity contribution in [2.24, 2.45) is 5.92 Å². The van der Waals surface area contributed by atoms with Gasteiger partial charge < -0.3 is 5.32 Å². The zero-order valence-corrected chi connectivity index (χ0v) is 12.0. The van der Waals surface area contributed by atoms with Crippen molar-refractivity contribution in [3.63, 3.8) is 0 Å². The van der Waals surface area contributed by atoms with Gasteiger partial charge in [-0.25, -0.2) is 0 Å². The van der Waals surface area contributed by atoms with Crippen molar-refractivity contribution in [3.05, 3.63) is 35.4 Å². The van der Waals surface area contributed by atoms with Crippen molar-refractivity contribution < 1.29 is 18.0 Å². The van der Waals surface area contributed by atoms with E-state index in [1.54, 1.807) is 13.0 Å². The van der Waals surface area contributed by atoms with E-state index in [0.717, 1.165) is 25.0 Å². The van der Waals surface area contributed by atoms with Crippen LogP contribution < -0.4 is 5.32 Å². The lowest BCUT2D eigenvalue weighted by atomic mass is 10.0. The van der Waals surface area contributed by atoms with Crippen LogP contribution in [0.4, 0.5) is 13.2 Å². The number of alkyl halides is 3. The largest absolute Gasteiger partial charge is 0.416 e. The van der Waals surface area contributed by atoms with Crippen LogP contribution in [0.15, 0.2) is 24.3 Å². The molecule has 0 radical (unpaired) electrons. The summed E-state index contributed by atoms with van der Waals surface area (Å²) in [6.07, 6.45) is 0.603. The molecule has 2 rings (SSSR count). The first-order valence-corrected chi connectivity index (χ1v) is 7.33. The number of carbonyl (C=O) groups excluding carboxylic acids is 1. The molecule has 21 heavy (non-hydrogen) atoms. The minimum Gasteiger partial charge on any atom is -0.350 e. The van der Waals surface area contributed by atoms with E-state index in [0.29, 0.717) is 17.9 Å². The second kappa shape index (κ2) is 6.50. The second-order valence-corrected chi connectivity index (χ2v) is 5.77. The Hall–Kier alpha value is -1.52. The number of rotatable bonds is 4. The van der Waals surface area contributed by atoms with Crippen LogP contribution in [-0.4, -0.2) is 5.91 Å². The first-order valence-electron chi connectivity index (χ1n) is 7.33. The van der Waals surface area contributed by atoms with Crippen LogP contribution in [0, 0.1) is 5.92 Å². The highest BCUT2D eigenvalue weighted by Gasteiger charge is 2.30. The lowest BCUT2D eigenvalue weighted by molar-refractivity contribution is -0.137. The third kappa shape index (κ3) is 4.48. The molecule has 0 aliphatic heterocycles. The van der Waals surface area contributed by atoms with Gasteiger partial charge in [0.2, 0.25) is 5.91 Å². The number of nitrogens with one attached hydrogen (secondary N) is 1. The molecule has 1 amide bonds. The van der Waals surface area contributed by atoms with Gasteiger partial charge >= 0.3 is 6.18 Å². The van der Waals surface area contributed by atoms with Crippen LogP contribution in [-0.2, 0) is 11.0 Å². The van der Waals surface area contributed by atoms with E-state index in [4.69, 9.17) is 0 Å². The van der Waals surface area contributed by atoms with Gasteiger partial charge in [-0.05, 0) is 43.4 Å². The molecule has 0 spiro atoms. The van der Waals surface area contributed by atoms with E-state index in [1.165, 1.54) is 18.9 Å². The van der Waals surface area contributed by atoms with Gasteiger partial charge in [0, 0.05) is 6.42 Å². The lowest BCUT2D eigenvalue weighted by Crippen LogP contribution is -2.28. The molecule has 116 valence electrons. The highest BCUT2D eigenvalue weighted by Crippen LogP contribution is 2.31. The Kier molecular flexibility index (Phi) is 4.91. The summed E-state index contributed by atoms with van der Waals surface area (Å²) in [5, 5.41) is 2.80. The Morgan fingerprint density at radius 2 is 2.00 bits per heavy atom. The maximum Gasteiger partial charge on any atom is 0.416 e. The maximum absolute atomic E-state index is 12.7. The van der Waals surface area contributed by atoms with E-state index in [-0.39, 0.29) is 5.91 Å². The van der Waals surface area contributed by atoms with Crippen LogP contribution in [0.1, 0.15) is 56.2 Å². The van der Waals surface area contributed by atoms with Gasteiger partial charge in [0.05, 0.1) is 11.6 Å². The molecule has 1 saturated carbocycles. The molecule has 1 atom stereocenters. The van der Waals surface area contributed by atoms with Gasteiger partial charge in [-0.15, -0.1) is 0 Å². The maximum atomic E-state index is 12.7. The van der Waals surface area contributed by atoms with E-state index >= 15 is 0 Å². The van der Waals surface area contributed by atoms with Gasteiger partial charge in [0.25, 0.3) is 0 Å². The fraction of sp³-hybridized carbons (Fsp3) is 0.562. The predicted octanol–water partition coefficient (Wildman–Crippen LogP) is 4.46. The van der Waals surface area contributed by atoms with Gasteiger partial charge in [-0.2, -0.15) is 13.2 Å². The summed E-state index contributed by atoms with van der Waals surface area (Å²) in [5.74, 6) is 0.352. The van der Waals surface area contributed by atoms with E-state index in [1.807, 2.05) is 0 Å². The number of carbonyl (C=O) groups is 1. The minimum absolute atomic E-state index is 0.0770. The molecule has 0 aromatic heterocycles. The van der Waals surface area contributed by atoms with Crippen LogP contribution in [0.25, 0.3) is 0 Å². The molecule has 1 aliphatic carbocycles. The number of hydrogen-bond donors (Lipinski definition) is 1. The third-order valence-corrected chi connectivity index (χ3v) is 4.04. The zero-order valence-electron chi connectivity index (χ0n) is 12.0. The zero-order chi connectivity index (χ0) is 15.5. The van der Waals surface area contributed by atoms with Gasteiger partial charge in [-0.3, -0.25) is 4.79 Å². The fourth-order valence-corrected chi connectivity index (χ4v) is 2.84. The minimum atomic E-state index is -4.36. The second-order valence-electron chi connectivity index (χ2n) is 5.77. The summed E-state index contributed by atoms with van der Waals surface area (Å²) < 4.78 is 38.0.